The lowest BCUT2D eigenvalue weighted by Gasteiger charge is -2.32. The Hall–Kier alpha value is -1.44. The number of ether oxygens (including phenoxy) is 1. The molecule has 1 N–H and O–H groups in total. The molecule has 21 heavy (non-hydrogen) atoms. The number of piperazine rings is 1. The zero-order valence-electron chi connectivity index (χ0n) is 12.2. The summed E-state index contributed by atoms with van der Waals surface area (Å²) >= 11 is 0. The lowest BCUT2D eigenvalue weighted by molar-refractivity contribution is 0.0600. The summed E-state index contributed by atoms with van der Waals surface area (Å²) in [6, 6.07) is 6.48. The van der Waals surface area contributed by atoms with Gasteiger partial charge in [-0.3, -0.25) is 0 Å². The van der Waals surface area contributed by atoms with Crippen molar-refractivity contribution < 1.29 is 17.9 Å². The third-order valence-electron chi connectivity index (χ3n) is 3.49. The van der Waals surface area contributed by atoms with E-state index in [1.54, 1.807) is 24.3 Å². The summed E-state index contributed by atoms with van der Waals surface area (Å²) in [7, 11) is -2.09. The van der Waals surface area contributed by atoms with Gasteiger partial charge in [0.05, 0.1) is 18.4 Å². The van der Waals surface area contributed by atoms with Crippen molar-refractivity contribution in [3.8, 4) is 0 Å². The van der Waals surface area contributed by atoms with Gasteiger partial charge in [0.25, 0.3) is 0 Å². The van der Waals surface area contributed by atoms with Crippen molar-refractivity contribution in [3.63, 3.8) is 0 Å². The molecule has 1 aliphatic heterocycles. The van der Waals surface area contributed by atoms with Crippen molar-refractivity contribution >= 4 is 16.0 Å². The summed E-state index contributed by atoms with van der Waals surface area (Å²) in [6.45, 7) is 3.67. The largest absolute Gasteiger partial charge is 0.465 e. The van der Waals surface area contributed by atoms with E-state index >= 15 is 0 Å². The molecule has 0 spiro atoms. The van der Waals surface area contributed by atoms with Gasteiger partial charge in [-0.25, -0.2) is 13.2 Å². The number of hydrogen-bond acceptors (Lipinski definition) is 5. The van der Waals surface area contributed by atoms with E-state index in [0.717, 1.165) is 0 Å². The Bertz CT molecular complexity index is 615. The molecule has 7 heteroatoms. The van der Waals surface area contributed by atoms with Gasteiger partial charge in [0.1, 0.15) is 0 Å². The molecule has 116 valence electrons. The molecule has 0 saturated carbocycles. The molecular formula is C14H20N2O4S. The van der Waals surface area contributed by atoms with Gasteiger partial charge in [-0.2, -0.15) is 4.31 Å². The van der Waals surface area contributed by atoms with Crippen LogP contribution >= 0.6 is 0 Å². The van der Waals surface area contributed by atoms with E-state index in [1.165, 1.54) is 11.4 Å². The lowest BCUT2D eigenvalue weighted by atomic mass is 10.1. The molecule has 2 rings (SSSR count). The first-order chi connectivity index (χ1) is 9.94. The molecule has 0 radical (unpaired) electrons. The zero-order valence-corrected chi connectivity index (χ0v) is 13.0. The molecular weight excluding hydrogens is 292 g/mol. The summed E-state index contributed by atoms with van der Waals surface area (Å²) in [5.74, 6) is -0.577. The molecule has 0 bridgehead atoms. The third-order valence-corrected chi connectivity index (χ3v) is 5.45. The van der Waals surface area contributed by atoms with Crippen molar-refractivity contribution in [2.75, 3.05) is 26.7 Å². The van der Waals surface area contributed by atoms with E-state index < -0.39 is 16.0 Å². The molecule has 0 unspecified atom stereocenters. The van der Waals surface area contributed by atoms with Crippen LogP contribution in [0.15, 0.2) is 24.3 Å². The first-order valence-corrected chi connectivity index (χ1v) is 8.42. The number of carbonyl (C=O) groups is 1. The topological polar surface area (TPSA) is 75.7 Å². The highest BCUT2D eigenvalue weighted by atomic mass is 32.2. The molecule has 1 heterocycles. The third kappa shape index (κ3) is 3.81. The fourth-order valence-electron chi connectivity index (χ4n) is 2.44. The maximum absolute atomic E-state index is 12.5. The molecule has 1 aromatic carbocycles. The van der Waals surface area contributed by atoms with Crippen LogP contribution in [0.4, 0.5) is 0 Å². The molecule has 1 atom stereocenters. The highest BCUT2D eigenvalue weighted by Gasteiger charge is 2.29. The van der Waals surface area contributed by atoms with Crippen molar-refractivity contribution in [1.82, 2.24) is 9.62 Å². The van der Waals surface area contributed by atoms with E-state index in [4.69, 9.17) is 0 Å². The van der Waals surface area contributed by atoms with Crippen molar-refractivity contribution in [2.45, 2.75) is 18.7 Å². The standard InChI is InChI=1S/C14H20N2O4S/c1-11-9-15-6-7-16(11)21(18,19)10-12-4-3-5-13(8-12)14(17)20-2/h3-5,8,11,15H,6-7,9-10H2,1-2H3/t11-/m0/s1. The minimum Gasteiger partial charge on any atom is -0.465 e. The van der Waals surface area contributed by atoms with Crippen molar-refractivity contribution in [3.05, 3.63) is 35.4 Å². The molecule has 0 aromatic heterocycles. The van der Waals surface area contributed by atoms with E-state index in [0.29, 0.717) is 30.8 Å². The Labute approximate surface area is 125 Å². The summed E-state index contributed by atoms with van der Waals surface area (Å²) in [5.41, 5.74) is 0.946. The highest BCUT2D eigenvalue weighted by Crippen LogP contribution is 2.16. The molecule has 1 aliphatic rings. The number of methoxy groups -OCH3 is 1. The molecule has 0 aliphatic carbocycles. The second kappa shape index (κ2) is 6.55. The van der Waals surface area contributed by atoms with Gasteiger partial charge in [-0.05, 0) is 24.6 Å². The molecule has 1 saturated heterocycles. The van der Waals surface area contributed by atoms with E-state index in [1.807, 2.05) is 6.92 Å². The summed E-state index contributed by atoms with van der Waals surface area (Å²) in [6.07, 6.45) is 0. The van der Waals surface area contributed by atoms with Crippen LogP contribution in [0.25, 0.3) is 0 Å². The summed E-state index contributed by atoms with van der Waals surface area (Å²) < 4.78 is 31.2. The van der Waals surface area contributed by atoms with E-state index in [2.05, 4.69) is 10.1 Å². The Balaban J connectivity index is 2.18. The zero-order chi connectivity index (χ0) is 15.5. The number of sulfonamides is 1. The van der Waals surface area contributed by atoms with Gasteiger partial charge in [-0.15, -0.1) is 0 Å². The highest BCUT2D eigenvalue weighted by molar-refractivity contribution is 7.88. The van der Waals surface area contributed by atoms with Gasteiger partial charge in [0.15, 0.2) is 0 Å². The van der Waals surface area contributed by atoms with E-state index in [-0.39, 0.29) is 11.8 Å². The fraction of sp³-hybridized carbons (Fsp3) is 0.500. The van der Waals surface area contributed by atoms with Crippen LogP contribution in [-0.2, 0) is 20.5 Å². The van der Waals surface area contributed by atoms with Gasteiger partial charge in [0, 0.05) is 25.7 Å². The average molecular weight is 312 g/mol. The minimum absolute atomic E-state index is 0.0625. The number of carbonyl (C=O) groups excluding carboxylic acids is 1. The lowest BCUT2D eigenvalue weighted by Crippen LogP contribution is -2.52. The Morgan fingerprint density at radius 3 is 2.90 bits per heavy atom. The van der Waals surface area contributed by atoms with Gasteiger partial charge in [0.2, 0.25) is 10.0 Å². The van der Waals surface area contributed by atoms with Crippen molar-refractivity contribution in [1.29, 1.82) is 0 Å². The van der Waals surface area contributed by atoms with Crippen LogP contribution in [0, 0.1) is 0 Å². The van der Waals surface area contributed by atoms with Gasteiger partial charge in [-0.1, -0.05) is 12.1 Å². The number of nitrogens with one attached hydrogen (secondary N) is 1. The van der Waals surface area contributed by atoms with Crippen LogP contribution in [0.2, 0.25) is 0 Å². The first kappa shape index (κ1) is 15.9. The number of benzene rings is 1. The molecule has 0 amide bonds. The second-order valence-electron chi connectivity index (χ2n) is 5.11. The van der Waals surface area contributed by atoms with Crippen LogP contribution in [-0.4, -0.2) is 51.5 Å². The predicted octanol–water partition coefficient (Wildman–Crippen LogP) is 0.597. The smallest absolute Gasteiger partial charge is 0.337 e. The Morgan fingerprint density at radius 1 is 1.48 bits per heavy atom. The Kier molecular flexibility index (Phi) is 4.97. The maximum Gasteiger partial charge on any atom is 0.337 e. The normalized spacial score (nSPS) is 20.2. The Morgan fingerprint density at radius 2 is 2.24 bits per heavy atom. The second-order valence-corrected chi connectivity index (χ2v) is 7.03. The molecule has 6 nitrogen and oxygen atoms in total. The van der Waals surface area contributed by atoms with Crippen LogP contribution in [0.3, 0.4) is 0 Å². The van der Waals surface area contributed by atoms with Gasteiger partial charge < -0.3 is 10.1 Å². The quantitative estimate of drug-likeness (QED) is 0.824. The van der Waals surface area contributed by atoms with Crippen LogP contribution < -0.4 is 5.32 Å². The number of esters is 1. The monoisotopic (exact) mass is 312 g/mol. The SMILES string of the molecule is COC(=O)c1cccc(CS(=O)(=O)N2CCNC[C@@H]2C)c1. The fourth-order valence-corrected chi connectivity index (χ4v) is 4.19. The number of rotatable bonds is 4. The van der Waals surface area contributed by atoms with Crippen LogP contribution in [0.5, 0.6) is 0 Å². The van der Waals surface area contributed by atoms with Crippen LogP contribution in [0.1, 0.15) is 22.8 Å². The molecule has 1 aromatic rings. The maximum atomic E-state index is 12.5. The average Bonchev–Trinajstić information content (AvgIpc) is 2.46. The summed E-state index contributed by atoms with van der Waals surface area (Å²) in [4.78, 5) is 11.5. The number of hydrogen-bond donors (Lipinski definition) is 1. The van der Waals surface area contributed by atoms with Gasteiger partial charge >= 0.3 is 5.97 Å². The summed E-state index contributed by atoms with van der Waals surface area (Å²) in [5, 5.41) is 3.16. The van der Waals surface area contributed by atoms with Crippen molar-refractivity contribution in [2.24, 2.45) is 0 Å². The number of nitrogens with zero attached hydrogens (tertiary/aromatic N) is 1. The first-order valence-electron chi connectivity index (χ1n) is 6.81. The molecule has 1 fully saturated rings. The predicted molar refractivity (Wildman–Crippen MR) is 79.4 cm³/mol. The van der Waals surface area contributed by atoms with E-state index in [9.17, 15) is 13.2 Å². The minimum atomic E-state index is -3.39.